The molecule has 0 aromatic rings. The molecule has 2 atom stereocenters. The van der Waals surface area contributed by atoms with Crippen LogP contribution in [0.5, 0.6) is 0 Å². The lowest BCUT2D eigenvalue weighted by Crippen LogP contribution is -2.50. The standard InChI is InChI=1S/C8H12Cl3NO4/c1-3-16-7(14)5(4(2)13)6(12-15)8(9,10)11/h5-6,12,15H,3H2,1-2H3. The molecule has 0 amide bonds. The first-order valence-electron chi connectivity index (χ1n) is 4.39. The van der Waals surface area contributed by atoms with Gasteiger partial charge in [0.1, 0.15) is 11.7 Å². The Balaban J connectivity index is 5.02. The van der Waals surface area contributed by atoms with E-state index in [-0.39, 0.29) is 6.61 Å². The number of hydrogen-bond acceptors (Lipinski definition) is 5. The molecular weight excluding hydrogens is 280 g/mol. The number of esters is 1. The molecule has 94 valence electrons. The van der Waals surface area contributed by atoms with E-state index in [1.54, 1.807) is 12.4 Å². The van der Waals surface area contributed by atoms with Crippen LogP contribution in [0.25, 0.3) is 0 Å². The summed E-state index contributed by atoms with van der Waals surface area (Å²) in [5, 5.41) is 8.83. The van der Waals surface area contributed by atoms with E-state index >= 15 is 0 Å². The second-order valence-corrected chi connectivity index (χ2v) is 5.36. The van der Waals surface area contributed by atoms with Crippen LogP contribution >= 0.6 is 34.8 Å². The van der Waals surface area contributed by atoms with Crippen molar-refractivity contribution >= 4 is 46.6 Å². The fourth-order valence-corrected chi connectivity index (χ4v) is 1.63. The zero-order valence-electron chi connectivity index (χ0n) is 8.67. The van der Waals surface area contributed by atoms with Crippen molar-refractivity contribution in [3.8, 4) is 0 Å². The van der Waals surface area contributed by atoms with Crippen LogP contribution in [-0.4, -0.2) is 33.4 Å². The topological polar surface area (TPSA) is 75.6 Å². The quantitative estimate of drug-likeness (QED) is 0.347. The van der Waals surface area contributed by atoms with Gasteiger partial charge in [0.25, 0.3) is 0 Å². The largest absolute Gasteiger partial charge is 0.465 e. The van der Waals surface area contributed by atoms with Gasteiger partial charge in [0.2, 0.25) is 3.79 Å². The Labute approximate surface area is 108 Å². The van der Waals surface area contributed by atoms with E-state index in [1.807, 2.05) is 0 Å². The smallest absolute Gasteiger partial charge is 0.318 e. The van der Waals surface area contributed by atoms with Crippen LogP contribution in [0, 0.1) is 5.92 Å². The van der Waals surface area contributed by atoms with Crippen molar-refractivity contribution in [3.05, 3.63) is 0 Å². The van der Waals surface area contributed by atoms with E-state index in [2.05, 4.69) is 4.74 Å². The summed E-state index contributed by atoms with van der Waals surface area (Å²) in [5.74, 6) is -2.80. The number of alkyl halides is 3. The minimum absolute atomic E-state index is 0.0839. The highest BCUT2D eigenvalue weighted by Crippen LogP contribution is 2.34. The second-order valence-electron chi connectivity index (χ2n) is 2.99. The molecule has 0 aromatic heterocycles. The van der Waals surface area contributed by atoms with Gasteiger partial charge in [-0.05, 0) is 13.8 Å². The summed E-state index contributed by atoms with van der Waals surface area (Å²) in [4.78, 5) is 22.7. The van der Waals surface area contributed by atoms with Gasteiger partial charge in [0.15, 0.2) is 0 Å². The van der Waals surface area contributed by atoms with Crippen LogP contribution in [0.2, 0.25) is 0 Å². The van der Waals surface area contributed by atoms with Gasteiger partial charge in [-0.3, -0.25) is 9.59 Å². The zero-order chi connectivity index (χ0) is 12.9. The molecule has 0 bridgehead atoms. The molecule has 16 heavy (non-hydrogen) atoms. The molecule has 2 unspecified atom stereocenters. The summed E-state index contributed by atoms with van der Waals surface area (Å²) >= 11 is 16.6. The van der Waals surface area contributed by atoms with Gasteiger partial charge < -0.3 is 9.94 Å². The lowest BCUT2D eigenvalue weighted by Gasteiger charge is -2.27. The molecule has 5 nitrogen and oxygen atoms in total. The lowest BCUT2D eigenvalue weighted by atomic mass is 9.97. The number of Topliss-reactive ketones (excluding diaryl/α,β-unsaturated/α-hetero) is 1. The third kappa shape index (κ3) is 4.43. The molecule has 0 radical (unpaired) electrons. The molecule has 0 aliphatic heterocycles. The minimum atomic E-state index is -2.02. The fourth-order valence-electron chi connectivity index (χ4n) is 1.11. The highest BCUT2D eigenvalue weighted by Gasteiger charge is 2.45. The molecule has 0 aromatic carbocycles. The van der Waals surface area contributed by atoms with E-state index in [0.29, 0.717) is 0 Å². The molecule has 2 N–H and O–H groups in total. The maximum Gasteiger partial charge on any atom is 0.318 e. The zero-order valence-corrected chi connectivity index (χ0v) is 10.9. The summed E-state index contributed by atoms with van der Waals surface area (Å²) in [7, 11) is 0. The predicted octanol–water partition coefficient (Wildman–Crippen LogP) is 1.47. The summed E-state index contributed by atoms with van der Waals surface area (Å²) < 4.78 is 2.64. The number of halogens is 3. The third-order valence-electron chi connectivity index (χ3n) is 1.80. The molecule has 8 heteroatoms. The first-order valence-corrected chi connectivity index (χ1v) is 5.52. The number of ether oxygens (including phenoxy) is 1. The molecule has 0 fully saturated rings. The van der Waals surface area contributed by atoms with Gasteiger partial charge >= 0.3 is 5.97 Å². The first kappa shape index (κ1) is 15.9. The van der Waals surface area contributed by atoms with Crippen molar-refractivity contribution < 1.29 is 19.5 Å². The van der Waals surface area contributed by atoms with Crippen LogP contribution in [-0.2, 0) is 14.3 Å². The Morgan fingerprint density at radius 3 is 2.19 bits per heavy atom. The highest BCUT2D eigenvalue weighted by molar-refractivity contribution is 6.68. The number of ketones is 1. The summed E-state index contributed by atoms with van der Waals surface area (Å²) in [6.07, 6.45) is 0. The SMILES string of the molecule is CCOC(=O)C(C(C)=O)C(NO)C(Cl)(Cl)Cl. The van der Waals surface area contributed by atoms with Crippen LogP contribution in [0.1, 0.15) is 13.8 Å². The first-order chi connectivity index (χ1) is 7.25. The molecule has 0 aliphatic carbocycles. The predicted molar refractivity (Wildman–Crippen MR) is 59.8 cm³/mol. The van der Waals surface area contributed by atoms with Gasteiger partial charge in [-0.15, -0.1) is 0 Å². The molecular formula is C8H12Cl3NO4. The summed E-state index contributed by atoms with van der Waals surface area (Å²) in [6, 6.07) is -1.37. The minimum Gasteiger partial charge on any atom is -0.465 e. The van der Waals surface area contributed by atoms with Gasteiger partial charge in [0.05, 0.1) is 12.6 Å². The fraction of sp³-hybridized carbons (Fsp3) is 0.750. The molecule has 0 rings (SSSR count). The number of hydrogen-bond donors (Lipinski definition) is 2. The van der Waals surface area contributed by atoms with Crippen molar-refractivity contribution in [3.63, 3.8) is 0 Å². The van der Waals surface area contributed by atoms with Crippen LogP contribution in [0.3, 0.4) is 0 Å². The van der Waals surface area contributed by atoms with E-state index < -0.39 is 27.5 Å². The van der Waals surface area contributed by atoms with Crippen molar-refractivity contribution in [2.24, 2.45) is 5.92 Å². The lowest BCUT2D eigenvalue weighted by molar-refractivity contribution is -0.153. The van der Waals surface area contributed by atoms with E-state index in [9.17, 15) is 9.59 Å². The highest BCUT2D eigenvalue weighted by atomic mass is 35.6. The van der Waals surface area contributed by atoms with Gasteiger partial charge in [-0.1, -0.05) is 34.8 Å². The molecule has 0 aliphatic rings. The van der Waals surface area contributed by atoms with Crippen LogP contribution < -0.4 is 5.48 Å². The molecule has 0 spiro atoms. The normalized spacial score (nSPS) is 15.4. The molecule has 0 saturated heterocycles. The maximum absolute atomic E-state index is 11.5. The number of nitrogens with one attached hydrogen (secondary N) is 1. The Morgan fingerprint density at radius 1 is 1.44 bits per heavy atom. The van der Waals surface area contributed by atoms with Crippen LogP contribution in [0.15, 0.2) is 0 Å². The van der Waals surface area contributed by atoms with Crippen molar-refractivity contribution in [1.29, 1.82) is 0 Å². The summed E-state index contributed by atoms with van der Waals surface area (Å²) in [5.41, 5.74) is 1.65. The Hall–Kier alpha value is -0.0700. The number of carbonyl (C=O) groups is 2. The molecule has 0 heterocycles. The molecule has 0 saturated carbocycles. The average Bonchev–Trinajstić information content (AvgIpc) is 2.11. The maximum atomic E-state index is 11.5. The van der Waals surface area contributed by atoms with E-state index in [4.69, 9.17) is 40.0 Å². The Bertz CT molecular complexity index is 266. The number of rotatable bonds is 5. The van der Waals surface area contributed by atoms with Crippen molar-refractivity contribution in [2.75, 3.05) is 6.61 Å². The van der Waals surface area contributed by atoms with Crippen molar-refractivity contribution in [2.45, 2.75) is 23.7 Å². The average molecular weight is 293 g/mol. The van der Waals surface area contributed by atoms with Gasteiger partial charge in [0, 0.05) is 0 Å². The van der Waals surface area contributed by atoms with Gasteiger partial charge in [-0.2, -0.15) is 5.48 Å². The Kier molecular flexibility index (Phi) is 6.58. The summed E-state index contributed by atoms with van der Waals surface area (Å²) in [6.45, 7) is 2.80. The number of carbonyl (C=O) groups excluding carboxylic acids is 2. The second kappa shape index (κ2) is 6.61. The van der Waals surface area contributed by atoms with E-state index in [1.165, 1.54) is 0 Å². The Morgan fingerprint density at radius 2 is 1.94 bits per heavy atom. The van der Waals surface area contributed by atoms with E-state index in [0.717, 1.165) is 6.92 Å². The number of hydroxylamine groups is 1. The monoisotopic (exact) mass is 291 g/mol. The third-order valence-corrected chi connectivity index (χ3v) is 2.51. The van der Waals surface area contributed by atoms with Gasteiger partial charge in [-0.25, -0.2) is 0 Å². The van der Waals surface area contributed by atoms with Crippen molar-refractivity contribution in [1.82, 2.24) is 5.48 Å². The van der Waals surface area contributed by atoms with Crippen LogP contribution in [0.4, 0.5) is 0 Å².